The fourth-order valence-corrected chi connectivity index (χ4v) is 1.91. The highest BCUT2D eigenvalue weighted by atomic mass is 19.1. The lowest BCUT2D eigenvalue weighted by molar-refractivity contribution is -0.149. The monoisotopic (exact) mass is 283 g/mol. The molecule has 0 radical (unpaired) electrons. The second-order valence-corrected chi connectivity index (χ2v) is 4.64. The number of halogens is 1. The predicted molar refractivity (Wildman–Crippen MR) is 71.0 cm³/mol. The molecule has 6 heteroatoms. The Labute approximate surface area is 116 Å². The zero-order valence-electron chi connectivity index (χ0n) is 11.4. The van der Waals surface area contributed by atoms with Gasteiger partial charge in [-0.25, -0.2) is 4.39 Å². The smallest absolute Gasteiger partial charge is 0.311 e. The van der Waals surface area contributed by atoms with Crippen LogP contribution in [0.4, 0.5) is 4.39 Å². The van der Waals surface area contributed by atoms with Gasteiger partial charge in [0.05, 0.1) is 11.0 Å². The number of nitrogens with one attached hydrogen (secondary N) is 1. The van der Waals surface area contributed by atoms with Crippen molar-refractivity contribution in [1.82, 2.24) is 5.32 Å². The molecule has 20 heavy (non-hydrogen) atoms. The van der Waals surface area contributed by atoms with Crippen molar-refractivity contribution >= 4 is 11.9 Å². The molecule has 0 unspecified atom stereocenters. The molecule has 0 saturated carbocycles. The molecular formula is C14H18FNO4. The van der Waals surface area contributed by atoms with Gasteiger partial charge in [-0.05, 0) is 25.0 Å². The highest BCUT2D eigenvalue weighted by Gasteiger charge is 2.35. The van der Waals surface area contributed by atoms with E-state index < -0.39 is 23.1 Å². The van der Waals surface area contributed by atoms with Gasteiger partial charge in [0.25, 0.3) is 5.91 Å². The predicted octanol–water partition coefficient (Wildman–Crippen LogP) is 2.15. The van der Waals surface area contributed by atoms with Crippen molar-refractivity contribution in [2.45, 2.75) is 26.7 Å². The van der Waals surface area contributed by atoms with Gasteiger partial charge < -0.3 is 15.5 Å². The largest absolute Gasteiger partial charge is 0.508 e. The fourth-order valence-electron chi connectivity index (χ4n) is 1.91. The Morgan fingerprint density at radius 2 is 1.90 bits per heavy atom. The summed E-state index contributed by atoms with van der Waals surface area (Å²) in [6.07, 6.45) is 0.717. The number of carboxylic acid groups (broad SMARTS) is 1. The van der Waals surface area contributed by atoms with Gasteiger partial charge in [-0.1, -0.05) is 13.8 Å². The van der Waals surface area contributed by atoms with Crippen LogP contribution in [-0.2, 0) is 4.79 Å². The minimum atomic E-state index is -1.05. The number of carbonyl (C=O) groups is 2. The Morgan fingerprint density at radius 1 is 1.30 bits per heavy atom. The van der Waals surface area contributed by atoms with Crippen molar-refractivity contribution in [1.29, 1.82) is 0 Å². The summed E-state index contributed by atoms with van der Waals surface area (Å²) in [6.45, 7) is 3.38. The van der Waals surface area contributed by atoms with Crippen molar-refractivity contribution in [3.8, 4) is 5.75 Å². The van der Waals surface area contributed by atoms with Crippen LogP contribution in [0.2, 0.25) is 0 Å². The molecule has 0 aliphatic carbocycles. The van der Waals surface area contributed by atoms with E-state index in [0.717, 1.165) is 12.1 Å². The zero-order valence-corrected chi connectivity index (χ0v) is 11.4. The number of carbonyl (C=O) groups excluding carboxylic acids is 1. The zero-order chi connectivity index (χ0) is 15.3. The molecule has 5 nitrogen and oxygen atoms in total. The Hall–Kier alpha value is -2.11. The van der Waals surface area contributed by atoms with Gasteiger partial charge in [-0.3, -0.25) is 9.59 Å². The van der Waals surface area contributed by atoms with Gasteiger partial charge in [0.1, 0.15) is 11.6 Å². The maximum atomic E-state index is 13.5. The first kappa shape index (κ1) is 15.9. The van der Waals surface area contributed by atoms with Gasteiger partial charge in [-0.15, -0.1) is 0 Å². The number of hydrogen-bond acceptors (Lipinski definition) is 3. The third-order valence-electron chi connectivity index (χ3n) is 3.59. The Morgan fingerprint density at radius 3 is 2.35 bits per heavy atom. The average Bonchev–Trinajstić information content (AvgIpc) is 2.39. The molecule has 1 rings (SSSR count). The molecule has 0 aliphatic heterocycles. The summed E-state index contributed by atoms with van der Waals surface area (Å²) in [5.41, 5.74) is -1.28. The quantitative estimate of drug-likeness (QED) is 0.746. The van der Waals surface area contributed by atoms with Crippen LogP contribution in [-0.4, -0.2) is 28.6 Å². The summed E-state index contributed by atoms with van der Waals surface area (Å²) in [5.74, 6) is -2.82. The van der Waals surface area contributed by atoms with Crippen LogP contribution in [0.1, 0.15) is 37.0 Å². The van der Waals surface area contributed by atoms with E-state index in [4.69, 9.17) is 5.11 Å². The summed E-state index contributed by atoms with van der Waals surface area (Å²) in [5, 5.41) is 20.8. The molecule has 0 heterocycles. The summed E-state index contributed by atoms with van der Waals surface area (Å²) in [6, 6.07) is 3.18. The Balaban J connectivity index is 2.83. The van der Waals surface area contributed by atoms with E-state index in [0.29, 0.717) is 12.8 Å². The first-order chi connectivity index (χ1) is 9.36. The van der Waals surface area contributed by atoms with Gasteiger partial charge in [0.15, 0.2) is 0 Å². The Kier molecular flexibility index (Phi) is 5.07. The molecule has 1 aromatic carbocycles. The summed E-state index contributed by atoms with van der Waals surface area (Å²) in [7, 11) is 0. The molecule has 0 spiro atoms. The minimum Gasteiger partial charge on any atom is -0.508 e. The highest BCUT2D eigenvalue weighted by Crippen LogP contribution is 2.26. The number of carboxylic acids is 1. The standard InChI is InChI=1S/C14H18FNO4/c1-3-14(4-2,13(19)20)8-16-12(18)10-6-5-9(17)7-11(10)15/h5-7,17H,3-4,8H2,1-2H3,(H,16,18)(H,19,20). The van der Waals surface area contributed by atoms with Crippen LogP contribution >= 0.6 is 0 Å². The maximum Gasteiger partial charge on any atom is 0.311 e. The molecule has 1 amide bonds. The number of hydrogen-bond donors (Lipinski definition) is 3. The van der Waals surface area contributed by atoms with Crippen molar-refractivity contribution < 1.29 is 24.2 Å². The van der Waals surface area contributed by atoms with E-state index >= 15 is 0 Å². The van der Waals surface area contributed by atoms with Gasteiger partial charge in [0.2, 0.25) is 0 Å². The van der Waals surface area contributed by atoms with Gasteiger partial charge in [0, 0.05) is 12.6 Å². The first-order valence-electron chi connectivity index (χ1n) is 6.36. The van der Waals surface area contributed by atoms with Crippen LogP contribution in [0.15, 0.2) is 18.2 Å². The molecule has 0 aliphatic rings. The lowest BCUT2D eigenvalue weighted by Gasteiger charge is -2.26. The lowest BCUT2D eigenvalue weighted by atomic mass is 9.82. The average molecular weight is 283 g/mol. The molecule has 0 atom stereocenters. The Bertz CT molecular complexity index is 512. The van der Waals surface area contributed by atoms with Crippen molar-refractivity contribution in [2.75, 3.05) is 6.54 Å². The third-order valence-corrected chi connectivity index (χ3v) is 3.59. The van der Waals surface area contributed by atoms with E-state index in [9.17, 15) is 19.1 Å². The number of phenolic OH excluding ortho intramolecular Hbond substituents is 1. The molecular weight excluding hydrogens is 265 g/mol. The highest BCUT2D eigenvalue weighted by molar-refractivity contribution is 5.95. The number of benzene rings is 1. The van der Waals surface area contributed by atoms with Crippen molar-refractivity contribution in [3.05, 3.63) is 29.6 Å². The van der Waals surface area contributed by atoms with Crippen LogP contribution in [0.3, 0.4) is 0 Å². The maximum absolute atomic E-state index is 13.5. The van der Waals surface area contributed by atoms with Gasteiger partial charge in [-0.2, -0.15) is 0 Å². The van der Waals surface area contributed by atoms with Crippen LogP contribution in [0.5, 0.6) is 5.75 Å². The second kappa shape index (κ2) is 6.36. The molecule has 0 aromatic heterocycles. The van der Waals surface area contributed by atoms with Crippen molar-refractivity contribution in [2.24, 2.45) is 5.41 Å². The first-order valence-corrected chi connectivity index (χ1v) is 6.36. The van der Waals surface area contributed by atoms with E-state index in [1.54, 1.807) is 13.8 Å². The van der Waals surface area contributed by atoms with E-state index in [1.807, 2.05) is 0 Å². The lowest BCUT2D eigenvalue weighted by Crippen LogP contribution is -2.42. The van der Waals surface area contributed by atoms with E-state index in [1.165, 1.54) is 6.07 Å². The topological polar surface area (TPSA) is 86.6 Å². The van der Waals surface area contributed by atoms with Gasteiger partial charge >= 0.3 is 5.97 Å². The number of aromatic hydroxyl groups is 1. The SMILES string of the molecule is CCC(CC)(CNC(=O)c1ccc(O)cc1F)C(=O)O. The normalized spacial score (nSPS) is 11.2. The molecule has 0 fully saturated rings. The summed E-state index contributed by atoms with van der Waals surface area (Å²) < 4.78 is 13.5. The summed E-state index contributed by atoms with van der Waals surface area (Å²) in [4.78, 5) is 23.1. The molecule has 0 bridgehead atoms. The van der Waals surface area contributed by atoms with Crippen LogP contribution in [0, 0.1) is 11.2 Å². The molecule has 3 N–H and O–H groups in total. The second-order valence-electron chi connectivity index (χ2n) is 4.64. The number of amides is 1. The minimum absolute atomic E-state index is 0.0749. The fraction of sp³-hybridized carbons (Fsp3) is 0.429. The summed E-state index contributed by atoms with van der Waals surface area (Å²) >= 11 is 0. The van der Waals surface area contributed by atoms with E-state index in [2.05, 4.69) is 5.32 Å². The molecule has 1 aromatic rings. The van der Waals surface area contributed by atoms with Crippen molar-refractivity contribution in [3.63, 3.8) is 0 Å². The number of phenols is 1. The van der Waals surface area contributed by atoms with Crippen LogP contribution in [0.25, 0.3) is 0 Å². The number of rotatable bonds is 6. The van der Waals surface area contributed by atoms with E-state index in [-0.39, 0.29) is 17.9 Å². The molecule has 0 saturated heterocycles. The number of aliphatic carboxylic acids is 1. The molecule has 110 valence electrons. The third kappa shape index (κ3) is 3.26. The van der Waals surface area contributed by atoms with Crippen LogP contribution < -0.4 is 5.32 Å².